The molecule has 1 heterocycles. The number of guanidine groups is 1. The van der Waals surface area contributed by atoms with Crippen molar-refractivity contribution in [2.45, 2.75) is 19.8 Å². The lowest BCUT2D eigenvalue weighted by atomic mass is 10.3. The average Bonchev–Trinajstić information content (AvgIpc) is 2.37. The number of aliphatic imine (C=N–C) groups is 1. The molecule has 112 valence electrons. The molecule has 1 saturated heterocycles. The van der Waals surface area contributed by atoms with Gasteiger partial charge in [0.25, 0.3) is 0 Å². The number of morpholine rings is 1. The van der Waals surface area contributed by atoms with Gasteiger partial charge in [0.15, 0.2) is 5.96 Å². The second-order valence-electron chi connectivity index (χ2n) is 4.75. The van der Waals surface area contributed by atoms with Gasteiger partial charge in [-0.3, -0.25) is 4.90 Å². The molecular weight excluding hydrogens is 355 g/mol. The number of nitrogens with one attached hydrogen (secondary N) is 1. The summed E-state index contributed by atoms with van der Waals surface area (Å²) in [7, 11) is 0. The highest BCUT2D eigenvalue weighted by Crippen LogP contribution is 1.99. The standard InChI is InChI=1S/C13H26N4O.HI/c1-12(2)11-16-13(14)15-5-3-4-6-17-7-9-18-10-8-17;/h1,3-11H2,2H3,(H3,14,15,16);1H. The quantitative estimate of drug-likeness (QED) is 0.228. The predicted octanol–water partition coefficient (Wildman–Crippen LogP) is 1.20. The highest BCUT2D eigenvalue weighted by molar-refractivity contribution is 14.0. The molecule has 0 atom stereocenters. The Morgan fingerprint density at radius 3 is 2.68 bits per heavy atom. The summed E-state index contributed by atoms with van der Waals surface area (Å²) in [5.41, 5.74) is 6.74. The second-order valence-corrected chi connectivity index (χ2v) is 4.75. The predicted molar refractivity (Wildman–Crippen MR) is 91.2 cm³/mol. The van der Waals surface area contributed by atoms with Crippen molar-refractivity contribution >= 4 is 29.9 Å². The summed E-state index contributed by atoms with van der Waals surface area (Å²) in [6.07, 6.45) is 2.29. The van der Waals surface area contributed by atoms with Crippen molar-refractivity contribution in [3.8, 4) is 0 Å². The topological polar surface area (TPSA) is 62.9 Å². The molecule has 1 aliphatic heterocycles. The zero-order valence-electron chi connectivity index (χ0n) is 11.9. The van der Waals surface area contributed by atoms with Crippen molar-refractivity contribution in [2.75, 3.05) is 45.9 Å². The van der Waals surface area contributed by atoms with Gasteiger partial charge in [0, 0.05) is 19.6 Å². The fraction of sp³-hybridized carbons (Fsp3) is 0.769. The monoisotopic (exact) mass is 382 g/mol. The van der Waals surface area contributed by atoms with E-state index in [1.807, 2.05) is 6.92 Å². The van der Waals surface area contributed by atoms with Gasteiger partial charge in [-0.1, -0.05) is 12.2 Å². The van der Waals surface area contributed by atoms with Gasteiger partial charge < -0.3 is 15.8 Å². The fourth-order valence-electron chi connectivity index (χ4n) is 1.78. The molecule has 6 heteroatoms. The Kier molecular flexibility index (Phi) is 11.3. The first-order valence-corrected chi connectivity index (χ1v) is 6.67. The van der Waals surface area contributed by atoms with Gasteiger partial charge in [0.1, 0.15) is 0 Å². The van der Waals surface area contributed by atoms with E-state index in [1.54, 1.807) is 0 Å². The van der Waals surface area contributed by atoms with Crippen LogP contribution in [0.4, 0.5) is 0 Å². The second kappa shape index (κ2) is 11.5. The molecule has 19 heavy (non-hydrogen) atoms. The van der Waals surface area contributed by atoms with E-state index in [1.165, 1.54) is 6.42 Å². The van der Waals surface area contributed by atoms with Gasteiger partial charge >= 0.3 is 0 Å². The average molecular weight is 382 g/mol. The Hall–Kier alpha value is -0.340. The first kappa shape index (κ1) is 18.7. The van der Waals surface area contributed by atoms with Crippen LogP contribution < -0.4 is 11.1 Å². The maximum atomic E-state index is 5.72. The van der Waals surface area contributed by atoms with Crippen molar-refractivity contribution in [3.63, 3.8) is 0 Å². The molecule has 1 aliphatic rings. The van der Waals surface area contributed by atoms with Crippen LogP contribution >= 0.6 is 24.0 Å². The summed E-state index contributed by atoms with van der Waals surface area (Å²) >= 11 is 0. The van der Waals surface area contributed by atoms with E-state index >= 15 is 0 Å². The largest absolute Gasteiger partial charge is 0.379 e. The maximum absolute atomic E-state index is 5.72. The Balaban J connectivity index is 0.00000324. The summed E-state index contributed by atoms with van der Waals surface area (Å²) < 4.78 is 5.31. The van der Waals surface area contributed by atoms with Crippen LogP contribution in [-0.4, -0.2) is 56.8 Å². The molecule has 5 nitrogen and oxygen atoms in total. The van der Waals surface area contributed by atoms with Gasteiger partial charge in [0.05, 0.1) is 19.8 Å². The van der Waals surface area contributed by atoms with E-state index in [-0.39, 0.29) is 24.0 Å². The molecule has 0 unspecified atom stereocenters. The number of ether oxygens (including phenoxy) is 1. The van der Waals surface area contributed by atoms with Crippen LogP contribution in [0.1, 0.15) is 19.8 Å². The zero-order chi connectivity index (χ0) is 13.2. The molecule has 0 aromatic carbocycles. The van der Waals surface area contributed by atoms with Crippen molar-refractivity contribution in [1.29, 1.82) is 0 Å². The van der Waals surface area contributed by atoms with Crippen LogP contribution in [0.25, 0.3) is 0 Å². The molecule has 0 radical (unpaired) electrons. The van der Waals surface area contributed by atoms with Crippen molar-refractivity contribution in [3.05, 3.63) is 12.2 Å². The molecule has 1 fully saturated rings. The molecule has 0 bridgehead atoms. The van der Waals surface area contributed by atoms with Crippen LogP contribution in [0.3, 0.4) is 0 Å². The lowest BCUT2D eigenvalue weighted by Gasteiger charge is -2.26. The third-order valence-electron chi connectivity index (χ3n) is 2.83. The van der Waals surface area contributed by atoms with Gasteiger partial charge in [-0.15, -0.1) is 24.0 Å². The van der Waals surface area contributed by atoms with Crippen LogP contribution in [0.15, 0.2) is 17.1 Å². The highest BCUT2D eigenvalue weighted by Gasteiger charge is 2.08. The Morgan fingerprint density at radius 2 is 2.05 bits per heavy atom. The van der Waals surface area contributed by atoms with Crippen molar-refractivity contribution in [1.82, 2.24) is 10.2 Å². The number of halogens is 1. The van der Waals surface area contributed by atoms with Crippen LogP contribution in [-0.2, 0) is 4.74 Å². The third-order valence-corrected chi connectivity index (χ3v) is 2.83. The smallest absolute Gasteiger partial charge is 0.188 e. The van der Waals surface area contributed by atoms with E-state index in [9.17, 15) is 0 Å². The summed E-state index contributed by atoms with van der Waals surface area (Å²) in [6, 6.07) is 0. The molecule has 0 aromatic rings. The SMILES string of the molecule is C=C(C)CN=C(N)NCCCCN1CCOCC1.I. The first-order chi connectivity index (χ1) is 8.68. The van der Waals surface area contributed by atoms with Crippen LogP contribution in [0, 0.1) is 0 Å². The molecular formula is C13H27IN4O. The maximum Gasteiger partial charge on any atom is 0.188 e. The van der Waals surface area contributed by atoms with Crippen LogP contribution in [0.5, 0.6) is 0 Å². The van der Waals surface area contributed by atoms with E-state index in [0.717, 1.165) is 51.4 Å². The molecule has 0 aliphatic carbocycles. The van der Waals surface area contributed by atoms with Crippen molar-refractivity contribution in [2.24, 2.45) is 10.7 Å². The summed E-state index contributed by atoms with van der Waals surface area (Å²) in [5, 5.41) is 3.12. The van der Waals surface area contributed by atoms with Crippen molar-refractivity contribution < 1.29 is 4.74 Å². The summed E-state index contributed by atoms with van der Waals surface area (Å²) in [6.45, 7) is 12.2. The van der Waals surface area contributed by atoms with Gasteiger partial charge in [-0.25, -0.2) is 4.99 Å². The number of nitrogens with two attached hydrogens (primary N) is 1. The number of nitrogens with zero attached hydrogens (tertiary/aromatic N) is 2. The lowest BCUT2D eigenvalue weighted by molar-refractivity contribution is 0.0372. The number of hydrogen-bond acceptors (Lipinski definition) is 3. The normalized spacial score (nSPS) is 16.8. The highest BCUT2D eigenvalue weighted by atomic mass is 127. The summed E-state index contributed by atoms with van der Waals surface area (Å²) in [5.74, 6) is 0.518. The molecule has 1 rings (SSSR count). The molecule has 0 amide bonds. The third kappa shape index (κ3) is 10.1. The number of rotatable bonds is 7. The van der Waals surface area contributed by atoms with Gasteiger partial charge in [0.2, 0.25) is 0 Å². The molecule has 3 N–H and O–H groups in total. The first-order valence-electron chi connectivity index (χ1n) is 6.67. The molecule has 0 spiro atoms. The summed E-state index contributed by atoms with van der Waals surface area (Å²) in [4.78, 5) is 6.61. The van der Waals surface area contributed by atoms with Gasteiger partial charge in [-0.05, 0) is 26.3 Å². The number of hydrogen-bond donors (Lipinski definition) is 2. The Bertz CT molecular complexity index is 278. The molecule has 0 saturated carbocycles. The number of unbranched alkanes of at least 4 members (excludes halogenated alkanes) is 1. The van der Waals surface area contributed by atoms with Crippen LogP contribution in [0.2, 0.25) is 0 Å². The van der Waals surface area contributed by atoms with Gasteiger partial charge in [-0.2, -0.15) is 0 Å². The Morgan fingerprint density at radius 1 is 1.37 bits per heavy atom. The molecule has 0 aromatic heterocycles. The van der Waals surface area contributed by atoms with E-state index < -0.39 is 0 Å². The minimum atomic E-state index is 0. The lowest BCUT2D eigenvalue weighted by Crippen LogP contribution is -2.37. The van der Waals surface area contributed by atoms with E-state index in [2.05, 4.69) is 21.8 Å². The van der Waals surface area contributed by atoms with E-state index in [4.69, 9.17) is 10.5 Å². The van der Waals surface area contributed by atoms with E-state index in [0.29, 0.717) is 12.5 Å². The fourth-order valence-corrected chi connectivity index (χ4v) is 1.78. The zero-order valence-corrected chi connectivity index (χ0v) is 14.2. The minimum absolute atomic E-state index is 0. The Labute approximate surface area is 133 Å². The minimum Gasteiger partial charge on any atom is -0.379 e.